The molecule has 0 saturated heterocycles. The van der Waals surface area contributed by atoms with Crippen LogP contribution in [-0.2, 0) is 10.0 Å². The predicted molar refractivity (Wildman–Crippen MR) is 50.3 cm³/mol. The van der Waals surface area contributed by atoms with Crippen molar-refractivity contribution in [2.75, 3.05) is 13.1 Å². The zero-order valence-corrected chi connectivity index (χ0v) is 8.47. The Kier molecular flexibility index (Phi) is 5.62. The maximum absolute atomic E-state index is 11.2. The molecule has 0 heterocycles. The topological polar surface area (TPSA) is 96.0 Å². The first-order valence-corrected chi connectivity index (χ1v) is 5.67. The number of nitrogens with one attached hydrogen (secondary N) is 1. The second kappa shape index (κ2) is 5.91. The first-order chi connectivity index (χ1) is 6.04. The molecule has 0 aliphatic heterocycles. The molecule has 0 saturated carbocycles. The molecule has 0 aromatic heterocycles. The van der Waals surface area contributed by atoms with Crippen LogP contribution in [0.15, 0.2) is 0 Å². The summed E-state index contributed by atoms with van der Waals surface area (Å²) in [5.74, 6) is 0. The Morgan fingerprint density at radius 3 is 2.62 bits per heavy atom. The summed E-state index contributed by atoms with van der Waals surface area (Å²) in [5.41, 5.74) is 5.23. The van der Waals surface area contributed by atoms with Crippen molar-refractivity contribution in [2.45, 2.75) is 25.0 Å². The van der Waals surface area contributed by atoms with Gasteiger partial charge in [0.2, 0.25) is 10.0 Å². The van der Waals surface area contributed by atoms with Gasteiger partial charge in [-0.3, -0.25) is 0 Å². The molecule has 0 fully saturated rings. The highest BCUT2D eigenvalue weighted by Gasteiger charge is 2.18. The molecule has 0 aromatic rings. The van der Waals surface area contributed by atoms with Crippen molar-refractivity contribution in [1.29, 1.82) is 5.26 Å². The summed E-state index contributed by atoms with van der Waals surface area (Å²) in [5, 5.41) is 7.39. The van der Waals surface area contributed by atoms with E-state index in [2.05, 4.69) is 4.72 Å². The van der Waals surface area contributed by atoms with Gasteiger partial charge in [0.05, 0.1) is 6.07 Å². The molecule has 0 aliphatic carbocycles. The van der Waals surface area contributed by atoms with Crippen LogP contribution in [0.4, 0.5) is 0 Å². The van der Waals surface area contributed by atoms with Crippen LogP contribution in [-0.4, -0.2) is 26.8 Å². The van der Waals surface area contributed by atoms with Gasteiger partial charge in [0.25, 0.3) is 0 Å². The van der Waals surface area contributed by atoms with E-state index in [0.717, 1.165) is 6.42 Å². The summed E-state index contributed by atoms with van der Waals surface area (Å²) in [6, 6.07) is 1.67. The number of unbranched alkanes of at least 4 members (excludes halogenated alkanes) is 1. The molecule has 5 nitrogen and oxygen atoms in total. The Labute approximate surface area is 79.0 Å². The molecule has 0 bridgehead atoms. The van der Waals surface area contributed by atoms with Crippen molar-refractivity contribution in [3.8, 4) is 6.07 Å². The normalized spacial score (nSPS) is 13.6. The van der Waals surface area contributed by atoms with Crippen LogP contribution in [0, 0.1) is 11.3 Å². The maximum Gasteiger partial charge on any atom is 0.227 e. The number of nitrogens with zero attached hydrogens (tertiary/aromatic N) is 1. The van der Waals surface area contributed by atoms with Crippen LogP contribution in [0.25, 0.3) is 0 Å². The van der Waals surface area contributed by atoms with E-state index >= 15 is 0 Å². The molecule has 3 N–H and O–H groups in total. The summed E-state index contributed by atoms with van der Waals surface area (Å²) in [6.45, 7) is 2.26. The minimum atomic E-state index is -3.44. The van der Waals surface area contributed by atoms with Gasteiger partial charge in [-0.15, -0.1) is 0 Å². The highest BCUT2D eigenvalue weighted by molar-refractivity contribution is 7.90. The van der Waals surface area contributed by atoms with Crippen molar-refractivity contribution in [3.63, 3.8) is 0 Å². The summed E-state index contributed by atoms with van der Waals surface area (Å²) in [4.78, 5) is 0. The second-order valence-electron chi connectivity index (χ2n) is 2.71. The Morgan fingerprint density at radius 1 is 1.54 bits per heavy atom. The molecule has 0 radical (unpaired) electrons. The predicted octanol–water partition coefficient (Wildman–Crippen LogP) is -0.443. The van der Waals surface area contributed by atoms with Gasteiger partial charge in [0.1, 0.15) is 0 Å². The SMILES string of the molecule is CC(C#N)S(=O)(=O)NCCCCN. The molecule has 0 spiro atoms. The highest BCUT2D eigenvalue weighted by Crippen LogP contribution is 1.96. The first kappa shape index (κ1) is 12.4. The molecule has 0 amide bonds. The average Bonchev–Trinajstić information content (AvgIpc) is 2.11. The molecule has 1 atom stereocenters. The van der Waals surface area contributed by atoms with Crippen LogP contribution < -0.4 is 10.5 Å². The van der Waals surface area contributed by atoms with E-state index in [9.17, 15) is 8.42 Å². The smallest absolute Gasteiger partial charge is 0.227 e. The molecule has 0 aromatic carbocycles. The van der Waals surface area contributed by atoms with E-state index in [0.29, 0.717) is 19.5 Å². The number of hydrogen-bond donors (Lipinski definition) is 2. The Hall–Kier alpha value is -0.640. The van der Waals surface area contributed by atoms with Gasteiger partial charge in [-0.25, -0.2) is 13.1 Å². The van der Waals surface area contributed by atoms with Crippen molar-refractivity contribution < 1.29 is 8.42 Å². The fourth-order valence-corrected chi connectivity index (χ4v) is 1.50. The van der Waals surface area contributed by atoms with Crippen molar-refractivity contribution in [2.24, 2.45) is 5.73 Å². The van der Waals surface area contributed by atoms with Gasteiger partial charge in [-0.2, -0.15) is 5.26 Å². The highest BCUT2D eigenvalue weighted by atomic mass is 32.2. The van der Waals surface area contributed by atoms with Gasteiger partial charge < -0.3 is 5.73 Å². The fraction of sp³-hybridized carbons (Fsp3) is 0.857. The fourth-order valence-electron chi connectivity index (χ4n) is 0.678. The Bertz CT molecular complexity index is 268. The van der Waals surface area contributed by atoms with Gasteiger partial charge in [-0.1, -0.05) is 0 Å². The zero-order chi connectivity index (χ0) is 10.3. The summed E-state index contributed by atoms with van der Waals surface area (Å²) in [6.07, 6.45) is 1.48. The van der Waals surface area contributed by atoms with E-state index in [4.69, 9.17) is 11.0 Å². The summed E-state index contributed by atoms with van der Waals surface area (Å²) >= 11 is 0. The lowest BCUT2D eigenvalue weighted by Gasteiger charge is -2.06. The van der Waals surface area contributed by atoms with E-state index in [1.807, 2.05) is 0 Å². The molecule has 1 unspecified atom stereocenters. The minimum Gasteiger partial charge on any atom is -0.330 e. The molecule has 6 heteroatoms. The van der Waals surface area contributed by atoms with Gasteiger partial charge in [0, 0.05) is 6.54 Å². The first-order valence-electron chi connectivity index (χ1n) is 4.12. The molecule has 0 aliphatic rings. The Balaban J connectivity index is 3.86. The third-order valence-electron chi connectivity index (χ3n) is 1.58. The third-order valence-corrected chi connectivity index (χ3v) is 3.22. The average molecular weight is 205 g/mol. The number of nitrogens with two attached hydrogens (primary N) is 1. The second-order valence-corrected chi connectivity index (χ2v) is 4.79. The number of sulfonamides is 1. The molecule has 76 valence electrons. The van der Waals surface area contributed by atoms with Crippen LogP contribution in [0.3, 0.4) is 0 Å². The van der Waals surface area contributed by atoms with E-state index in [1.54, 1.807) is 6.07 Å². The molecular formula is C7H15N3O2S. The lowest BCUT2D eigenvalue weighted by Crippen LogP contribution is -2.32. The summed E-state index contributed by atoms with van der Waals surface area (Å²) < 4.78 is 24.7. The van der Waals surface area contributed by atoms with E-state index in [-0.39, 0.29) is 0 Å². The van der Waals surface area contributed by atoms with Crippen LogP contribution in [0.5, 0.6) is 0 Å². The van der Waals surface area contributed by atoms with Crippen LogP contribution in [0.1, 0.15) is 19.8 Å². The zero-order valence-electron chi connectivity index (χ0n) is 7.66. The number of hydrogen-bond acceptors (Lipinski definition) is 4. The van der Waals surface area contributed by atoms with Crippen LogP contribution >= 0.6 is 0 Å². The lowest BCUT2D eigenvalue weighted by atomic mass is 10.3. The minimum absolute atomic E-state index is 0.353. The lowest BCUT2D eigenvalue weighted by molar-refractivity contribution is 0.573. The monoisotopic (exact) mass is 205 g/mol. The largest absolute Gasteiger partial charge is 0.330 e. The van der Waals surface area contributed by atoms with Gasteiger partial charge in [-0.05, 0) is 26.3 Å². The Morgan fingerprint density at radius 2 is 2.15 bits per heavy atom. The number of nitriles is 1. The van der Waals surface area contributed by atoms with Gasteiger partial charge >= 0.3 is 0 Å². The van der Waals surface area contributed by atoms with Gasteiger partial charge in [0.15, 0.2) is 5.25 Å². The van der Waals surface area contributed by atoms with E-state index in [1.165, 1.54) is 6.92 Å². The van der Waals surface area contributed by atoms with E-state index < -0.39 is 15.3 Å². The van der Waals surface area contributed by atoms with Crippen molar-refractivity contribution >= 4 is 10.0 Å². The third kappa shape index (κ3) is 4.83. The quantitative estimate of drug-likeness (QED) is 0.574. The molecule has 13 heavy (non-hydrogen) atoms. The number of rotatable bonds is 6. The molecule has 0 rings (SSSR count). The summed E-state index contributed by atoms with van der Waals surface area (Å²) in [7, 11) is -3.44. The van der Waals surface area contributed by atoms with Crippen molar-refractivity contribution in [3.05, 3.63) is 0 Å². The maximum atomic E-state index is 11.2. The standard InChI is InChI=1S/C7H15N3O2S/c1-7(6-9)13(11,12)10-5-3-2-4-8/h7,10H,2-5,8H2,1H3. The molecular weight excluding hydrogens is 190 g/mol. The van der Waals surface area contributed by atoms with Crippen LogP contribution in [0.2, 0.25) is 0 Å². The van der Waals surface area contributed by atoms with Crippen molar-refractivity contribution in [1.82, 2.24) is 4.72 Å².